The molecule has 4 aromatic rings. The van der Waals surface area contributed by atoms with Crippen LogP contribution in [0, 0.1) is 17.0 Å². The number of carbonyl (C=O) groups excluding carboxylic acids is 1. The van der Waals surface area contributed by atoms with Gasteiger partial charge in [-0.2, -0.15) is 0 Å². The van der Waals surface area contributed by atoms with Gasteiger partial charge in [0, 0.05) is 17.8 Å². The summed E-state index contributed by atoms with van der Waals surface area (Å²) < 4.78 is 7.11. The van der Waals surface area contributed by atoms with Crippen molar-refractivity contribution in [1.82, 2.24) is 14.8 Å². The van der Waals surface area contributed by atoms with E-state index in [2.05, 4.69) is 20.8 Å². The summed E-state index contributed by atoms with van der Waals surface area (Å²) in [6, 6.07) is 19.1. The van der Waals surface area contributed by atoms with E-state index in [1.165, 1.54) is 23.9 Å². The number of anilines is 2. The van der Waals surface area contributed by atoms with Gasteiger partial charge in [-0.25, -0.2) is 0 Å². The molecule has 0 aliphatic carbocycles. The number of halogens is 1. The monoisotopic (exact) mass is 538 g/mol. The zero-order valence-corrected chi connectivity index (χ0v) is 21.5. The van der Waals surface area contributed by atoms with Crippen LogP contribution >= 0.6 is 23.4 Å². The number of rotatable bonds is 10. The second-order valence-electron chi connectivity index (χ2n) is 7.86. The number of amides is 1. The zero-order chi connectivity index (χ0) is 26.4. The van der Waals surface area contributed by atoms with Crippen LogP contribution in [0.25, 0.3) is 5.69 Å². The molecule has 0 fully saturated rings. The molecule has 0 aliphatic heterocycles. The topological polar surface area (TPSA) is 124 Å². The number of aryl methyl sites for hydroxylation is 1. The highest BCUT2D eigenvalue weighted by molar-refractivity contribution is 7.99. The van der Waals surface area contributed by atoms with Gasteiger partial charge < -0.3 is 15.4 Å². The smallest absolute Gasteiger partial charge is 0.271 e. The highest BCUT2D eigenvalue weighted by Gasteiger charge is 2.17. The van der Waals surface area contributed by atoms with Gasteiger partial charge >= 0.3 is 0 Å². The minimum Gasteiger partial charge on any atom is -0.497 e. The first kappa shape index (κ1) is 26.0. The molecule has 1 aromatic heterocycles. The fourth-order valence-electron chi connectivity index (χ4n) is 3.45. The van der Waals surface area contributed by atoms with E-state index in [0.717, 1.165) is 16.9 Å². The summed E-state index contributed by atoms with van der Waals surface area (Å²) in [6.07, 6.45) is 0. The Kier molecular flexibility index (Phi) is 8.26. The molecule has 0 saturated heterocycles. The third-order valence-electron chi connectivity index (χ3n) is 5.38. The van der Waals surface area contributed by atoms with Crippen LogP contribution in [0.15, 0.2) is 71.9 Å². The molecule has 0 unspecified atom stereocenters. The molecule has 10 nitrogen and oxygen atoms in total. The highest BCUT2D eigenvalue weighted by Crippen LogP contribution is 2.27. The number of benzene rings is 3. The fourth-order valence-corrected chi connectivity index (χ4v) is 4.43. The lowest BCUT2D eigenvalue weighted by atomic mass is 10.2. The number of ether oxygens (including phenoxy) is 1. The van der Waals surface area contributed by atoms with Crippen molar-refractivity contribution in [3.05, 3.63) is 93.3 Å². The minimum absolute atomic E-state index is 0.0222. The first-order chi connectivity index (χ1) is 17.9. The Hall–Kier alpha value is -4.09. The summed E-state index contributed by atoms with van der Waals surface area (Å²) in [5, 5.41) is 26.8. The van der Waals surface area contributed by atoms with E-state index in [1.807, 2.05) is 47.0 Å². The van der Waals surface area contributed by atoms with Gasteiger partial charge in [0.1, 0.15) is 5.75 Å². The Morgan fingerprint density at radius 1 is 1.11 bits per heavy atom. The number of nitrogens with zero attached hydrogens (tertiary/aromatic N) is 4. The van der Waals surface area contributed by atoms with Crippen LogP contribution in [-0.2, 0) is 11.3 Å². The van der Waals surface area contributed by atoms with Gasteiger partial charge in [0.2, 0.25) is 5.91 Å². The van der Waals surface area contributed by atoms with Crippen molar-refractivity contribution in [2.75, 3.05) is 23.5 Å². The van der Waals surface area contributed by atoms with Crippen molar-refractivity contribution < 1.29 is 14.5 Å². The molecule has 0 radical (unpaired) electrons. The van der Waals surface area contributed by atoms with Crippen LogP contribution in [0.3, 0.4) is 0 Å². The highest BCUT2D eigenvalue weighted by atomic mass is 35.5. The van der Waals surface area contributed by atoms with Gasteiger partial charge in [0.25, 0.3) is 5.69 Å². The molecule has 0 atom stereocenters. The molecule has 0 spiro atoms. The normalized spacial score (nSPS) is 10.7. The molecule has 1 amide bonds. The number of nitrogens with one attached hydrogen (secondary N) is 2. The van der Waals surface area contributed by atoms with Crippen LogP contribution < -0.4 is 15.4 Å². The van der Waals surface area contributed by atoms with Crippen LogP contribution in [0.4, 0.5) is 17.1 Å². The number of thioether (sulfide) groups is 1. The Balaban J connectivity index is 1.53. The van der Waals surface area contributed by atoms with Crippen molar-refractivity contribution in [2.45, 2.75) is 18.6 Å². The van der Waals surface area contributed by atoms with Gasteiger partial charge in [-0.1, -0.05) is 41.6 Å². The van der Waals surface area contributed by atoms with Crippen molar-refractivity contribution in [1.29, 1.82) is 0 Å². The number of para-hydroxylation sites is 1. The van der Waals surface area contributed by atoms with Gasteiger partial charge in [-0.15, -0.1) is 10.2 Å². The van der Waals surface area contributed by atoms with Crippen molar-refractivity contribution in [2.24, 2.45) is 0 Å². The molecule has 0 saturated carbocycles. The summed E-state index contributed by atoms with van der Waals surface area (Å²) in [4.78, 5) is 23.3. The quantitative estimate of drug-likeness (QED) is 0.154. The summed E-state index contributed by atoms with van der Waals surface area (Å²) >= 11 is 7.47. The van der Waals surface area contributed by atoms with Crippen LogP contribution in [0.1, 0.15) is 11.4 Å². The molecule has 1 heterocycles. The average Bonchev–Trinajstić information content (AvgIpc) is 3.31. The van der Waals surface area contributed by atoms with Gasteiger partial charge in [-0.05, 0) is 48.9 Å². The second-order valence-corrected chi connectivity index (χ2v) is 9.21. The van der Waals surface area contributed by atoms with Gasteiger partial charge in [0.15, 0.2) is 11.0 Å². The maximum absolute atomic E-state index is 12.7. The van der Waals surface area contributed by atoms with Crippen molar-refractivity contribution >= 4 is 46.3 Å². The number of aromatic nitrogens is 3. The third kappa shape index (κ3) is 6.38. The Morgan fingerprint density at radius 3 is 2.57 bits per heavy atom. The predicted molar refractivity (Wildman–Crippen MR) is 144 cm³/mol. The Morgan fingerprint density at radius 2 is 1.86 bits per heavy atom. The number of hydrogen-bond acceptors (Lipinski definition) is 8. The Bertz CT molecular complexity index is 1430. The lowest BCUT2D eigenvalue weighted by molar-refractivity contribution is -0.384. The average molecular weight is 539 g/mol. The van der Waals surface area contributed by atoms with Crippen molar-refractivity contribution in [3.8, 4) is 11.4 Å². The minimum atomic E-state index is -0.501. The van der Waals surface area contributed by atoms with E-state index >= 15 is 0 Å². The van der Waals surface area contributed by atoms with Gasteiger partial charge in [0.05, 0.1) is 40.7 Å². The van der Waals surface area contributed by atoms with Gasteiger partial charge in [-0.3, -0.25) is 19.5 Å². The summed E-state index contributed by atoms with van der Waals surface area (Å²) in [7, 11) is 1.59. The third-order valence-corrected chi connectivity index (χ3v) is 6.64. The molecule has 37 heavy (non-hydrogen) atoms. The molecule has 0 aliphatic rings. The number of carbonyl (C=O) groups is 1. The number of nitro groups is 1. The van der Waals surface area contributed by atoms with E-state index in [-0.39, 0.29) is 17.3 Å². The van der Waals surface area contributed by atoms with Crippen LogP contribution in [0.5, 0.6) is 5.75 Å². The van der Waals surface area contributed by atoms with E-state index in [0.29, 0.717) is 34.0 Å². The zero-order valence-electron chi connectivity index (χ0n) is 20.0. The molecule has 190 valence electrons. The lowest BCUT2D eigenvalue weighted by Gasteiger charge is -2.13. The van der Waals surface area contributed by atoms with E-state index < -0.39 is 4.92 Å². The molecular formula is C25H23ClN6O4S. The van der Waals surface area contributed by atoms with E-state index in [1.54, 1.807) is 26.2 Å². The standard InChI is InChI=1S/C25H23ClN6O4S/c1-16-7-8-18(32(34)35)13-22(16)28-24(33)15-37-25-30-29-23(14-27-21-6-4-3-5-20(21)26)31(25)17-9-11-19(36-2)12-10-17/h3-13,27H,14-15H2,1-2H3,(H,28,33). The predicted octanol–water partition coefficient (Wildman–Crippen LogP) is 5.49. The fraction of sp³-hybridized carbons (Fsp3) is 0.160. The molecule has 2 N–H and O–H groups in total. The first-order valence-corrected chi connectivity index (χ1v) is 12.5. The maximum Gasteiger partial charge on any atom is 0.271 e. The van der Waals surface area contributed by atoms with Crippen LogP contribution in [0.2, 0.25) is 5.02 Å². The van der Waals surface area contributed by atoms with Crippen LogP contribution in [-0.4, -0.2) is 38.5 Å². The second kappa shape index (κ2) is 11.8. The molecule has 0 bridgehead atoms. The SMILES string of the molecule is COc1ccc(-n2c(CNc3ccccc3Cl)nnc2SCC(=O)Nc2cc([N+](=O)[O-])ccc2C)cc1. The molecule has 4 rings (SSSR count). The number of non-ortho nitro benzene ring substituents is 1. The summed E-state index contributed by atoms with van der Waals surface area (Å²) in [5.41, 5.74) is 2.57. The summed E-state index contributed by atoms with van der Waals surface area (Å²) in [5.74, 6) is 1.01. The largest absolute Gasteiger partial charge is 0.497 e. The number of methoxy groups -OCH3 is 1. The summed E-state index contributed by atoms with van der Waals surface area (Å²) in [6.45, 7) is 2.10. The first-order valence-electron chi connectivity index (χ1n) is 11.1. The maximum atomic E-state index is 12.7. The molecule has 3 aromatic carbocycles. The van der Waals surface area contributed by atoms with E-state index in [4.69, 9.17) is 16.3 Å². The van der Waals surface area contributed by atoms with E-state index in [9.17, 15) is 14.9 Å². The van der Waals surface area contributed by atoms with Crippen molar-refractivity contribution in [3.63, 3.8) is 0 Å². The Labute approximate surface area is 222 Å². The number of nitro benzene ring substituents is 1. The lowest BCUT2D eigenvalue weighted by Crippen LogP contribution is -2.16. The molecular weight excluding hydrogens is 516 g/mol. The molecule has 12 heteroatoms. The number of hydrogen-bond donors (Lipinski definition) is 2.